The van der Waals surface area contributed by atoms with E-state index in [0.29, 0.717) is 11.9 Å². The zero-order valence-corrected chi connectivity index (χ0v) is 11.1. The topological polar surface area (TPSA) is 3.24 Å². The van der Waals surface area contributed by atoms with Crippen molar-refractivity contribution in [1.82, 2.24) is 0 Å². The van der Waals surface area contributed by atoms with E-state index in [0.717, 1.165) is 11.6 Å². The Morgan fingerprint density at radius 3 is 2.88 bits per heavy atom. The van der Waals surface area contributed by atoms with Crippen molar-refractivity contribution in [2.24, 2.45) is 0 Å². The molecular weight excluding hydrogens is 241 g/mol. The van der Waals surface area contributed by atoms with Crippen LogP contribution in [-0.2, 0) is 5.88 Å². The maximum Gasteiger partial charge on any atom is 0.0494 e. The van der Waals surface area contributed by atoms with Gasteiger partial charge in [-0.05, 0) is 43.9 Å². The second-order valence-corrected chi connectivity index (χ2v) is 5.15. The number of hydrogen-bond donors (Lipinski definition) is 0. The van der Waals surface area contributed by atoms with Gasteiger partial charge in [0.25, 0.3) is 0 Å². The molecule has 1 aliphatic rings. The van der Waals surface area contributed by atoms with E-state index in [4.69, 9.17) is 23.2 Å². The smallest absolute Gasteiger partial charge is 0.0494 e. The molecule has 16 heavy (non-hydrogen) atoms. The van der Waals surface area contributed by atoms with Gasteiger partial charge in [0, 0.05) is 29.2 Å². The normalized spacial score (nSPS) is 21.2. The monoisotopic (exact) mass is 257 g/mol. The van der Waals surface area contributed by atoms with Crippen LogP contribution in [0, 0.1) is 0 Å². The van der Waals surface area contributed by atoms with Crippen molar-refractivity contribution in [2.75, 3.05) is 11.4 Å². The first-order valence-electron chi connectivity index (χ1n) is 5.83. The lowest BCUT2D eigenvalue weighted by Crippen LogP contribution is -2.37. The molecule has 0 bridgehead atoms. The van der Waals surface area contributed by atoms with E-state index >= 15 is 0 Å². The summed E-state index contributed by atoms with van der Waals surface area (Å²) in [5.41, 5.74) is 2.40. The Hall–Kier alpha value is -0.400. The van der Waals surface area contributed by atoms with Crippen LogP contribution in [-0.4, -0.2) is 12.6 Å². The van der Waals surface area contributed by atoms with Crippen LogP contribution >= 0.6 is 23.2 Å². The zero-order valence-electron chi connectivity index (χ0n) is 9.55. The Labute approximate surface area is 107 Å². The number of benzene rings is 1. The predicted octanol–water partition coefficient (Wildman–Crippen LogP) is 4.46. The molecule has 1 aromatic rings. The van der Waals surface area contributed by atoms with E-state index in [2.05, 4.69) is 11.8 Å². The van der Waals surface area contributed by atoms with Crippen LogP contribution in [0.25, 0.3) is 0 Å². The Morgan fingerprint density at radius 1 is 1.38 bits per heavy atom. The van der Waals surface area contributed by atoms with Crippen LogP contribution < -0.4 is 4.90 Å². The fourth-order valence-corrected chi connectivity index (χ4v) is 2.77. The Morgan fingerprint density at radius 2 is 2.19 bits per heavy atom. The molecule has 1 heterocycles. The molecule has 88 valence electrons. The van der Waals surface area contributed by atoms with Gasteiger partial charge in [0.2, 0.25) is 0 Å². The summed E-state index contributed by atoms with van der Waals surface area (Å²) in [6.45, 7) is 3.39. The number of rotatable bonds is 2. The minimum Gasteiger partial charge on any atom is -0.369 e. The van der Waals surface area contributed by atoms with Gasteiger partial charge in [-0.1, -0.05) is 17.7 Å². The molecule has 0 N–H and O–H groups in total. The molecule has 1 atom stereocenters. The highest BCUT2D eigenvalue weighted by molar-refractivity contribution is 6.31. The second-order valence-electron chi connectivity index (χ2n) is 4.44. The summed E-state index contributed by atoms with van der Waals surface area (Å²) in [4.78, 5) is 2.44. The molecule has 0 saturated carbocycles. The lowest BCUT2D eigenvalue weighted by atomic mass is 10.0. The van der Waals surface area contributed by atoms with Crippen molar-refractivity contribution in [3.8, 4) is 0 Å². The van der Waals surface area contributed by atoms with Crippen molar-refractivity contribution in [3.05, 3.63) is 28.8 Å². The summed E-state index contributed by atoms with van der Waals surface area (Å²) in [7, 11) is 0. The predicted molar refractivity (Wildman–Crippen MR) is 71.7 cm³/mol. The molecule has 0 aromatic heterocycles. The number of halogens is 2. The van der Waals surface area contributed by atoms with Crippen molar-refractivity contribution in [2.45, 2.75) is 38.1 Å². The summed E-state index contributed by atoms with van der Waals surface area (Å²) in [5, 5.41) is 0.793. The van der Waals surface area contributed by atoms with Gasteiger partial charge in [-0.3, -0.25) is 0 Å². The molecule has 0 spiro atoms. The van der Waals surface area contributed by atoms with Gasteiger partial charge in [-0.2, -0.15) is 0 Å². The van der Waals surface area contributed by atoms with Crippen LogP contribution in [0.3, 0.4) is 0 Å². The van der Waals surface area contributed by atoms with Gasteiger partial charge in [0.05, 0.1) is 0 Å². The van der Waals surface area contributed by atoms with Gasteiger partial charge < -0.3 is 4.90 Å². The molecule has 0 radical (unpaired) electrons. The van der Waals surface area contributed by atoms with Crippen LogP contribution in [0.1, 0.15) is 31.7 Å². The maximum absolute atomic E-state index is 6.07. The zero-order chi connectivity index (χ0) is 11.5. The molecule has 1 fully saturated rings. The molecule has 1 saturated heterocycles. The third-order valence-corrected chi connectivity index (χ3v) is 3.83. The SMILES string of the molecule is CC1CCCCN1c1cc(Cl)ccc1CCl. The third-order valence-electron chi connectivity index (χ3n) is 3.30. The number of nitrogens with zero attached hydrogens (tertiary/aromatic N) is 1. The van der Waals surface area contributed by atoms with Crippen LogP contribution in [0.4, 0.5) is 5.69 Å². The minimum atomic E-state index is 0.551. The number of hydrogen-bond acceptors (Lipinski definition) is 1. The quantitative estimate of drug-likeness (QED) is 0.708. The highest BCUT2D eigenvalue weighted by atomic mass is 35.5. The molecule has 1 aliphatic heterocycles. The highest BCUT2D eigenvalue weighted by Crippen LogP contribution is 2.31. The lowest BCUT2D eigenvalue weighted by molar-refractivity contribution is 0.484. The average Bonchev–Trinajstić information content (AvgIpc) is 2.29. The first kappa shape index (κ1) is 12.1. The summed E-state index contributed by atoms with van der Waals surface area (Å²) in [6.07, 6.45) is 3.85. The Balaban J connectivity index is 2.33. The van der Waals surface area contributed by atoms with Gasteiger partial charge in [0.15, 0.2) is 0 Å². The van der Waals surface area contributed by atoms with E-state index in [1.807, 2.05) is 18.2 Å². The van der Waals surface area contributed by atoms with Crippen molar-refractivity contribution in [3.63, 3.8) is 0 Å². The van der Waals surface area contributed by atoms with E-state index < -0.39 is 0 Å². The number of piperidine rings is 1. The maximum atomic E-state index is 6.07. The fourth-order valence-electron chi connectivity index (χ4n) is 2.37. The molecule has 3 heteroatoms. The average molecular weight is 258 g/mol. The van der Waals surface area contributed by atoms with Gasteiger partial charge in [-0.15, -0.1) is 11.6 Å². The summed E-state index contributed by atoms with van der Waals surface area (Å²) < 4.78 is 0. The van der Waals surface area contributed by atoms with Gasteiger partial charge in [0.1, 0.15) is 0 Å². The number of anilines is 1. The lowest BCUT2D eigenvalue weighted by Gasteiger charge is -2.36. The molecular formula is C13H17Cl2N. The van der Waals surface area contributed by atoms with Crippen LogP contribution in [0.5, 0.6) is 0 Å². The van der Waals surface area contributed by atoms with E-state index in [9.17, 15) is 0 Å². The highest BCUT2D eigenvalue weighted by Gasteiger charge is 2.20. The third kappa shape index (κ3) is 2.46. The first-order chi connectivity index (χ1) is 7.72. The van der Waals surface area contributed by atoms with Crippen molar-refractivity contribution < 1.29 is 0 Å². The fraction of sp³-hybridized carbons (Fsp3) is 0.538. The van der Waals surface area contributed by atoms with Crippen LogP contribution in [0.2, 0.25) is 5.02 Å². The summed E-state index contributed by atoms with van der Waals surface area (Å²) >= 11 is 12.1. The van der Waals surface area contributed by atoms with Crippen molar-refractivity contribution >= 4 is 28.9 Å². The van der Waals surface area contributed by atoms with Gasteiger partial charge in [-0.25, -0.2) is 0 Å². The van der Waals surface area contributed by atoms with Crippen molar-refractivity contribution in [1.29, 1.82) is 0 Å². The summed E-state index contributed by atoms with van der Waals surface area (Å²) in [5.74, 6) is 0.551. The molecule has 1 aromatic carbocycles. The summed E-state index contributed by atoms with van der Waals surface area (Å²) in [6, 6.07) is 6.58. The van der Waals surface area contributed by atoms with E-state index in [1.165, 1.54) is 30.5 Å². The molecule has 2 rings (SSSR count). The van der Waals surface area contributed by atoms with E-state index in [-0.39, 0.29) is 0 Å². The minimum absolute atomic E-state index is 0.551. The largest absolute Gasteiger partial charge is 0.369 e. The standard InChI is InChI=1S/C13H17Cl2N/c1-10-4-2-3-7-16(10)13-8-12(15)6-5-11(13)9-14/h5-6,8,10H,2-4,7,9H2,1H3. The molecule has 0 amide bonds. The molecule has 1 nitrogen and oxygen atoms in total. The Bertz CT molecular complexity index is 365. The van der Waals surface area contributed by atoms with E-state index in [1.54, 1.807) is 0 Å². The van der Waals surface area contributed by atoms with Gasteiger partial charge >= 0.3 is 0 Å². The number of alkyl halides is 1. The Kier molecular flexibility index (Phi) is 3.99. The van der Waals surface area contributed by atoms with Crippen LogP contribution in [0.15, 0.2) is 18.2 Å². The molecule has 0 aliphatic carbocycles. The molecule has 1 unspecified atom stereocenters. The second kappa shape index (κ2) is 5.29. The first-order valence-corrected chi connectivity index (χ1v) is 6.74.